The zero-order chi connectivity index (χ0) is 31.8. The summed E-state index contributed by atoms with van der Waals surface area (Å²) in [5.74, 6) is -1.73. The van der Waals surface area contributed by atoms with E-state index in [0.29, 0.717) is 0 Å². The van der Waals surface area contributed by atoms with Gasteiger partial charge in [-0.3, -0.25) is 29.6 Å². The maximum atomic E-state index is 14.3. The minimum Gasteiger partial charge on any atom is -0.462 e. The largest absolute Gasteiger partial charge is 0.462 e. The maximum absolute atomic E-state index is 14.3. The van der Waals surface area contributed by atoms with E-state index in [1.165, 1.54) is 72.8 Å². The number of sulfone groups is 1. The van der Waals surface area contributed by atoms with Crippen LogP contribution in [0.15, 0.2) is 88.8 Å². The molecule has 1 unspecified atom stereocenters. The van der Waals surface area contributed by atoms with Gasteiger partial charge in [0.05, 0.1) is 32.4 Å². The summed E-state index contributed by atoms with van der Waals surface area (Å²) < 4.78 is 34.3. The Bertz CT molecular complexity index is 2090. The molecule has 3 aromatic carbocycles. The van der Waals surface area contributed by atoms with E-state index in [1.807, 2.05) is 0 Å². The molecule has 5 rings (SSSR count). The van der Waals surface area contributed by atoms with Gasteiger partial charge in [-0.15, -0.1) is 0 Å². The number of nitrogen functional groups attached to an aromatic ring is 1. The molecular formula is C29H22N4O9S2. The van der Waals surface area contributed by atoms with Crippen molar-refractivity contribution < 1.29 is 32.6 Å². The van der Waals surface area contributed by atoms with Gasteiger partial charge in [0.1, 0.15) is 10.2 Å². The normalized spacial score (nSPS) is 15.1. The number of thioether (sulfide) groups is 1. The summed E-state index contributed by atoms with van der Waals surface area (Å²) in [6.07, 6.45) is 1.35. The lowest BCUT2D eigenvalue weighted by Gasteiger charge is -2.23. The number of esters is 1. The zero-order valence-electron chi connectivity index (χ0n) is 22.8. The molecule has 1 aromatic heterocycles. The second kappa shape index (κ2) is 11.8. The molecule has 224 valence electrons. The van der Waals surface area contributed by atoms with Crippen LogP contribution >= 0.6 is 11.8 Å². The third-order valence-electron chi connectivity index (χ3n) is 6.64. The average molecular weight is 635 g/mol. The van der Waals surface area contributed by atoms with Gasteiger partial charge in [0, 0.05) is 29.5 Å². The smallest absolute Gasteiger partial charge is 0.346 e. The molecule has 0 bridgehead atoms. The van der Waals surface area contributed by atoms with E-state index in [9.17, 15) is 38.2 Å². The van der Waals surface area contributed by atoms with E-state index in [0.717, 1.165) is 22.4 Å². The van der Waals surface area contributed by atoms with E-state index < -0.39 is 41.8 Å². The van der Waals surface area contributed by atoms with Crippen molar-refractivity contribution in [3.05, 3.63) is 121 Å². The number of aromatic nitrogens is 1. The topological polar surface area (TPSA) is 195 Å². The molecule has 1 aliphatic heterocycles. The molecule has 0 saturated carbocycles. The summed E-state index contributed by atoms with van der Waals surface area (Å²) in [6.45, 7) is 1.50. The Labute approximate surface area is 253 Å². The highest BCUT2D eigenvalue weighted by Gasteiger charge is 2.40. The molecular weight excluding hydrogens is 612 g/mol. The van der Waals surface area contributed by atoms with Gasteiger partial charge in [-0.05, 0) is 36.3 Å². The van der Waals surface area contributed by atoms with E-state index >= 15 is 0 Å². The Morgan fingerprint density at radius 1 is 1.00 bits per heavy atom. The van der Waals surface area contributed by atoms with Gasteiger partial charge >= 0.3 is 5.97 Å². The van der Waals surface area contributed by atoms with Gasteiger partial charge in [0.2, 0.25) is 15.7 Å². The van der Waals surface area contributed by atoms with Crippen molar-refractivity contribution in [2.75, 3.05) is 12.3 Å². The van der Waals surface area contributed by atoms with Crippen LogP contribution in [0.5, 0.6) is 0 Å². The molecule has 0 saturated heterocycles. The first-order valence-corrected chi connectivity index (χ1v) is 15.2. The predicted octanol–water partition coefficient (Wildman–Crippen LogP) is 3.35. The Balaban J connectivity index is 1.92. The summed E-state index contributed by atoms with van der Waals surface area (Å²) in [4.78, 5) is 49.0. The summed E-state index contributed by atoms with van der Waals surface area (Å²) in [5.41, 5.74) is 5.94. The fraction of sp³-hybridized carbons (Fsp3) is 0.103. The minimum absolute atomic E-state index is 0.0543. The van der Waals surface area contributed by atoms with Crippen LogP contribution in [0.4, 0.5) is 17.1 Å². The first kappa shape index (κ1) is 30.2. The maximum Gasteiger partial charge on any atom is 0.346 e. The van der Waals surface area contributed by atoms with Crippen LogP contribution in [0.25, 0.3) is 11.0 Å². The number of fused-ring (bicyclic) bond motifs is 1. The van der Waals surface area contributed by atoms with Gasteiger partial charge in [-0.25, -0.2) is 13.2 Å². The molecule has 44 heavy (non-hydrogen) atoms. The van der Waals surface area contributed by atoms with Gasteiger partial charge < -0.3 is 10.5 Å². The Morgan fingerprint density at radius 3 is 2.27 bits per heavy atom. The van der Waals surface area contributed by atoms with Gasteiger partial charge in [-0.2, -0.15) is 0 Å². The van der Waals surface area contributed by atoms with Crippen molar-refractivity contribution in [1.82, 2.24) is 4.57 Å². The van der Waals surface area contributed by atoms with Gasteiger partial charge in [-0.1, -0.05) is 54.2 Å². The first-order valence-electron chi connectivity index (χ1n) is 12.9. The highest BCUT2D eigenvalue weighted by molar-refractivity contribution is 8.10. The molecule has 0 spiro atoms. The van der Waals surface area contributed by atoms with Crippen molar-refractivity contribution in [1.29, 1.82) is 0 Å². The van der Waals surface area contributed by atoms with Crippen LogP contribution in [0.2, 0.25) is 0 Å². The van der Waals surface area contributed by atoms with E-state index in [-0.39, 0.29) is 55.2 Å². The number of carbonyl (C=O) groups is 2. The second-order valence-corrected chi connectivity index (χ2v) is 12.3. The van der Waals surface area contributed by atoms with Crippen LogP contribution in [0.3, 0.4) is 0 Å². The van der Waals surface area contributed by atoms with Crippen LogP contribution in [0.1, 0.15) is 28.1 Å². The lowest BCUT2D eigenvalue weighted by molar-refractivity contribution is -0.385. The predicted molar refractivity (Wildman–Crippen MR) is 161 cm³/mol. The Hall–Kier alpha value is -5.28. The number of ether oxygens (including phenoxy) is 1. The lowest BCUT2D eigenvalue weighted by Crippen LogP contribution is -2.42. The number of carbonyl (C=O) groups excluding carboxylic acids is 2. The van der Waals surface area contributed by atoms with Crippen molar-refractivity contribution in [3.63, 3.8) is 0 Å². The van der Waals surface area contributed by atoms with Crippen LogP contribution < -0.4 is 16.3 Å². The second-order valence-electron chi connectivity index (χ2n) is 9.37. The monoisotopic (exact) mass is 634 g/mol. The molecule has 4 aromatic rings. The fourth-order valence-corrected chi connectivity index (χ4v) is 7.48. The molecule has 13 nitrogen and oxygen atoms in total. The SMILES string of the molecule is CCOC(=O)C1=c2/c(=C/c3cccc([N+](=O)[O-])c3)c(N)c(S(=O)(=O)c3ccccc3)n2C(=O)C(c2cccc([N+](=O)[O-])c2)S1. The number of rotatable bonds is 8. The lowest BCUT2D eigenvalue weighted by atomic mass is 10.1. The number of hydrogen-bond donors (Lipinski definition) is 1. The van der Waals surface area contributed by atoms with E-state index in [2.05, 4.69) is 0 Å². The number of nitrogens with zero attached hydrogens (tertiary/aromatic N) is 3. The molecule has 15 heteroatoms. The molecule has 1 atom stereocenters. The van der Waals surface area contributed by atoms with Gasteiger partial charge in [0.15, 0.2) is 5.03 Å². The minimum atomic E-state index is -4.52. The number of nitro benzene ring substituents is 2. The van der Waals surface area contributed by atoms with E-state index in [4.69, 9.17) is 10.5 Å². The van der Waals surface area contributed by atoms with Crippen LogP contribution in [0, 0.1) is 20.2 Å². The molecule has 0 aliphatic carbocycles. The number of anilines is 1. The third-order valence-corrected chi connectivity index (χ3v) is 9.75. The Morgan fingerprint density at radius 2 is 1.64 bits per heavy atom. The highest BCUT2D eigenvalue weighted by atomic mass is 32.2. The van der Waals surface area contributed by atoms with Crippen LogP contribution in [-0.2, 0) is 19.4 Å². The number of hydrogen-bond acceptors (Lipinski definition) is 11. The summed E-state index contributed by atoms with van der Waals surface area (Å²) in [7, 11) is -4.52. The van der Waals surface area contributed by atoms with E-state index in [1.54, 1.807) is 13.0 Å². The molecule has 0 radical (unpaired) electrons. The number of nitro groups is 2. The molecule has 1 aliphatic rings. The highest BCUT2D eigenvalue weighted by Crippen LogP contribution is 2.41. The van der Waals surface area contributed by atoms with Crippen molar-refractivity contribution >= 4 is 61.5 Å². The van der Waals surface area contributed by atoms with Crippen molar-refractivity contribution in [2.45, 2.75) is 22.1 Å². The van der Waals surface area contributed by atoms with Crippen molar-refractivity contribution in [2.24, 2.45) is 0 Å². The molecule has 2 N–H and O–H groups in total. The average Bonchev–Trinajstić information content (AvgIpc) is 3.30. The molecule has 0 amide bonds. The van der Waals surface area contributed by atoms with Crippen molar-refractivity contribution in [3.8, 4) is 0 Å². The zero-order valence-corrected chi connectivity index (χ0v) is 24.4. The number of non-ortho nitro benzene ring substituents is 2. The van der Waals surface area contributed by atoms with Gasteiger partial charge in [0.25, 0.3) is 11.4 Å². The fourth-order valence-electron chi connectivity index (χ4n) is 4.73. The summed E-state index contributed by atoms with van der Waals surface area (Å²) >= 11 is 0.736. The molecule has 2 heterocycles. The first-order chi connectivity index (χ1) is 20.9. The summed E-state index contributed by atoms with van der Waals surface area (Å²) in [6, 6.07) is 17.8. The summed E-state index contributed by atoms with van der Waals surface area (Å²) in [5, 5.41) is 20.7. The number of nitrogens with two attached hydrogens (primary N) is 1. The third kappa shape index (κ3) is 5.33. The molecule has 0 fully saturated rings. The van der Waals surface area contributed by atoms with Crippen LogP contribution in [-0.4, -0.2) is 41.3 Å². The Kier molecular flexibility index (Phi) is 8.08. The quantitative estimate of drug-likeness (QED) is 0.170. The standard InChI is InChI=1S/C29H22N4O9S2/c1-2-42-29(35)26-24-22(15-17-8-6-10-19(14-17)32(36)37)23(30)28(44(40,41)21-12-4-3-5-13-21)31(24)27(34)25(43-26)18-9-7-11-20(16-18)33(38)39/h3-16,25H,2,30H2,1H3/b22-15+. The number of benzene rings is 3.